The van der Waals surface area contributed by atoms with Crippen molar-refractivity contribution in [3.63, 3.8) is 0 Å². The van der Waals surface area contributed by atoms with Crippen LogP contribution in [0.15, 0.2) is 24.4 Å². The van der Waals surface area contributed by atoms with Crippen LogP contribution in [-0.4, -0.2) is 31.8 Å². The molecule has 0 spiro atoms. The first kappa shape index (κ1) is 18.5. The molecule has 130 valence electrons. The fourth-order valence-electron chi connectivity index (χ4n) is 1.98. The van der Waals surface area contributed by atoms with Crippen LogP contribution in [0, 0.1) is 6.92 Å². The van der Waals surface area contributed by atoms with Gasteiger partial charge in [0.15, 0.2) is 5.75 Å². The number of nitrogens with zero attached hydrogens (tertiary/aromatic N) is 2. The molecule has 0 saturated heterocycles. The first-order chi connectivity index (χ1) is 11.3. The minimum absolute atomic E-state index is 0.448. The van der Waals surface area contributed by atoms with Crippen LogP contribution in [0.1, 0.15) is 5.56 Å². The Morgan fingerprint density at radius 1 is 1.25 bits per heavy atom. The van der Waals surface area contributed by atoms with Gasteiger partial charge in [-0.25, -0.2) is 4.98 Å². The number of rotatable bonds is 7. The number of aromatic nitrogens is 2. The van der Waals surface area contributed by atoms with Crippen LogP contribution >= 0.6 is 11.6 Å². The van der Waals surface area contributed by atoms with Gasteiger partial charge in [-0.05, 0) is 30.7 Å². The Balaban J connectivity index is 2.17. The van der Waals surface area contributed by atoms with Crippen LogP contribution in [0.25, 0.3) is 0 Å². The molecule has 5 nitrogen and oxygen atoms in total. The van der Waals surface area contributed by atoms with Gasteiger partial charge in [-0.2, -0.15) is 4.98 Å². The number of hydrogen-bond donors (Lipinski definition) is 1. The van der Waals surface area contributed by atoms with Gasteiger partial charge in [-0.1, -0.05) is 37.3 Å². The molecule has 0 bridgehead atoms. The molecule has 24 heavy (non-hydrogen) atoms. The summed E-state index contributed by atoms with van der Waals surface area (Å²) in [6, 6.07) is 6.71. The second-order valence-corrected chi connectivity index (χ2v) is 12.8. The van der Waals surface area contributed by atoms with E-state index in [0.717, 1.165) is 17.3 Å². The van der Waals surface area contributed by atoms with E-state index in [4.69, 9.17) is 21.1 Å². The summed E-state index contributed by atoms with van der Waals surface area (Å²) in [6.45, 7) is 9.49. The maximum absolute atomic E-state index is 6.15. The predicted octanol–water partition coefficient (Wildman–Crippen LogP) is 4.91. The van der Waals surface area contributed by atoms with E-state index in [1.807, 2.05) is 25.1 Å². The smallest absolute Gasteiger partial charge is 0.261 e. The summed E-state index contributed by atoms with van der Waals surface area (Å²) in [7, 11) is 0.415. The molecule has 1 heterocycles. The Morgan fingerprint density at radius 3 is 2.67 bits per heavy atom. The molecule has 0 unspecified atom stereocenters. The molecule has 0 aliphatic carbocycles. The molecule has 0 radical (unpaired) electrons. The first-order valence-electron chi connectivity index (χ1n) is 7.86. The van der Waals surface area contributed by atoms with Gasteiger partial charge in [-0.3, -0.25) is 0 Å². The lowest BCUT2D eigenvalue weighted by Crippen LogP contribution is -2.22. The minimum Gasteiger partial charge on any atom is -0.490 e. The molecular weight excluding hydrogens is 342 g/mol. The number of halogens is 1. The van der Waals surface area contributed by atoms with Crippen molar-refractivity contribution in [3.05, 3.63) is 35.0 Å². The van der Waals surface area contributed by atoms with Crippen molar-refractivity contribution in [1.29, 1.82) is 0 Å². The molecule has 1 N–H and O–H groups in total. The van der Waals surface area contributed by atoms with Gasteiger partial charge in [0.2, 0.25) is 5.95 Å². The van der Waals surface area contributed by atoms with E-state index >= 15 is 0 Å². The van der Waals surface area contributed by atoms with E-state index in [2.05, 4.69) is 34.9 Å². The number of benzene rings is 1. The number of methoxy groups -OCH3 is 1. The maximum atomic E-state index is 6.15. The molecule has 7 heteroatoms. The zero-order chi connectivity index (χ0) is 17.7. The lowest BCUT2D eigenvalue weighted by atomic mass is 10.2. The van der Waals surface area contributed by atoms with Crippen molar-refractivity contribution in [3.8, 4) is 11.6 Å². The highest BCUT2D eigenvalue weighted by Gasteiger charge is 2.15. The summed E-state index contributed by atoms with van der Waals surface area (Å²) in [6.07, 6.45) is 1.61. The van der Waals surface area contributed by atoms with Crippen molar-refractivity contribution in [2.45, 2.75) is 32.6 Å². The Labute approximate surface area is 149 Å². The third-order valence-electron chi connectivity index (χ3n) is 3.55. The van der Waals surface area contributed by atoms with Crippen molar-refractivity contribution in [2.75, 3.05) is 19.0 Å². The molecule has 0 atom stereocenters. The molecule has 0 aliphatic rings. The third kappa shape index (κ3) is 5.11. The zero-order valence-electron chi connectivity index (χ0n) is 14.8. The van der Waals surface area contributed by atoms with Gasteiger partial charge < -0.3 is 14.8 Å². The summed E-state index contributed by atoms with van der Waals surface area (Å²) in [5, 5.41) is 3.87. The molecule has 0 fully saturated rings. The molecule has 1 aromatic heterocycles. The monoisotopic (exact) mass is 365 g/mol. The normalized spacial score (nSPS) is 11.2. The lowest BCUT2D eigenvalue weighted by molar-refractivity contribution is 0.296. The number of nitrogens with one attached hydrogen (secondary N) is 1. The van der Waals surface area contributed by atoms with Gasteiger partial charge in [-0.15, -0.1) is 0 Å². The van der Waals surface area contributed by atoms with Crippen LogP contribution in [0.4, 0.5) is 11.6 Å². The van der Waals surface area contributed by atoms with E-state index < -0.39 is 8.07 Å². The number of hydrogen-bond acceptors (Lipinski definition) is 5. The average molecular weight is 366 g/mol. The fourth-order valence-corrected chi connectivity index (χ4v) is 2.86. The Morgan fingerprint density at radius 2 is 2.00 bits per heavy atom. The predicted molar refractivity (Wildman–Crippen MR) is 102 cm³/mol. The Hall–Kier alpha value is -1.79. The van der Waals surface area contributed by atoms with Crippen molar-refractivity contribution in [2.24, 2.45) is 0 Å². The van der Waals surface area contributed by atoms with Gasteiger partial charge in [0, 0.05) is 18.8 Å². The summed E-state index contributed by atoms with van der Waals surface area (Å²) in [4.78, 5) is 8.70. The highest BCUT2D eigenvalue weighted by molar-refractivity contribution is 6.76. The Bertz CT molecular complexity index is 705. The number of ether oxygens (including phenoxy) is 2. The van der Waals surface area contributed by atoms with Gasteiger partial charge >= 0.3 is 0 Å². The average Bonchev–Trinajstić information content (AvgIpc) is 2.51. The maximum Gasteiger partial charge on any atom is 0.261 e. The second kappa shape index (κ2) is 7.85. The highest BCUT2D eigenvalue weighted by atomic mass is 35.5. The fraction of sp³-hybridized carbons (Fsp3) is 0.412. The van der Waals surface area contributed by atoms with Crippen LogP contribution in [0.5, 0.6) is 11.6 Å². The molecule has 0 amide bonds. The van der Waals surface area contributed by atoms with Crippen LogP contribution in [0.3, 0.4) is 0 Å². The molecule has 1 aromatic carbocycles. The van der Waals surface area contributed by atoms with Gasteiger partial charge in [0.1, 0.15) is 0 Å². The van der Waals surface area contributed by atoms with Crippen LogP contribution in [0.2, 0.25) is 30.7 Å². The third-order valence-corrected chi connectivity index (χ3v) is 5.66. The SMILES string of the molecule is COc1cnc(Nc2cccc(Cl)c2C)nc1OCC[Si](C)(C)C. The van der Waals surface area contributed by atoms with E-state index in [0.29, 0.717) is 29.2 Å². The molecule has 2 rings (SSSR count). The van der Waals surface area contributed by atoms with Crippen LogP contribution < -0.4 is 14.8 Å². The zero-order valence-corrected chi connectivity index (χ0v) is 16.6. The van der Waals surface area contributed by atoms with E-state index in [9.17, 15) is 0 Å². The highest BCUT2D eigenvalue weighted by Crippen LogP contribution is 2.28. The molecule has 0 saturated carbocycles. The van der Waals surface area contributed by atoms with Crippen molar-refractivity contribution in [1.82, 2.24) is 9.97 Å². The minimum atomic E-state index is -1.17. The topological polar surface area (TPSA) is 56.3 Å². The first-order valence-corrected chi connectivity index (χ1v) is 11.9. The molecule has 2 aromatic rings. The van der Waals surface area contributed by atoms with Crippen LogP contribution in [-0.2, 0) is 0 Å². The van der Waals surface area contributed by atoms with Gasteiger partial charge in [0.25, 0.3) is 5.88 Å². The summed E-state index contributed by atoms with van der Waals surface area (Å²) in [5.74, 6) is 1.43. The Kier molecular flexibility index (Phi) is 6.07. The summed E-state index contributed by atoms with van der Waals surface area (Å²) < 4.78 is 11.1. The standard InChI is InChI=1S/C17H24ClN3O2Si/c1-12-13(18)7-6-8-14(12)20-17-19-11-15(22-2)16(21-17)23-9-10-24(3,4)5/h6-8,11H,9-10H2,1-5H3,(H,19,20,21). The summed E-state index contributed by atoms with van der Waals surface area (Å²) in [5.41, 5.74) is 1.81. The molecule has 0 aliphatic heterocycles. The van der Waals surface area contributed by atoms with Gasteiger partial charge in [0.05, 0.1) is 19.9 Å². The summed E-state index contributed by atoms with van der Waals surface area (Å²) >= 11 is 6.15. The lowest BCUT2D eigenvalue weighted by Gasteiger charge is -2.17. The molecular formula is C17H24ClN3O2Si. The van der Waals surface area contributed by atoms with E-state index in [-0.39, 0.29) is 0 Å². The number of anilines is 2. The van der Waals surface area contributed by atoms with E-state index in [1.54, 1.807) is 13.3 Å². The second-order valence-electron chi connectivity index (χ2n) is 6.76. The van der Waals surface area contributed by atoms with Crippen molar-refractivity contribution >= 4 is 31.3 Å². The van der Waals surface area contributed by atoms with E-state index in [1.165, 1.54) is 0 Å². The largest absolute Gasteiger partial charge is 0.490 e. The van der Waals surface area contributed by atoms with Crippen molar-refractivity contribution < 1.29 is 9.47 Å². The quantitative estimate of drug-likeness (QED) is 0.706.